The number of methoxy groups -OCH3 is 1. The van der Waals surface area contributed by atoms with Crippen molar-refractivity contribution in [1.82, 2.24) is 15.0 Å². The van der Waals surface area contributed by atoms with Crippen molar-refractivity contribution >= 4 is 5.95 Å². The molecule has 5 heteroatoms. The molecule has 1 N–H and O–H groups in total. The molecule has 2 aromatic heterocycles. The number of hydrogen-bond acceptors (Lipinski definition) is 5. The predicted octanol–water partition coefficient (Wildman–Crippen LogP) is 2.11. The first-order valence-electron chi connectivity index (χ1n) is 5.73. The smallest absolute Gasteiger partial charge is 0.223 e. The van der Waals surface area contributed by atoms with Gasteiger partial charge in [0.15, 0.2) is 0 Å². The number of anilines is 1. The fourth-order valence-electron chi connectivity index (χ4n) is 1.72. The Morgan fingerprint density at radius 2 is 1.94 bits per heavy atom. The molecule has 18 heavy (non-hydrogen) atoms. The van der Waals surface area contributed by atoms with Crippen molar-refractivity contribution in [2.75, 3.05) is 12.4 Å². The van der Waals surface area contributed by atoms with Crippen LogP contribution in [0.25, 0.3) is 0 Å². The molecular weight excluding hydrogens is 228 g/mol. The molecule has 0 saturated carbocycles. The third-order valence-electron chi connectivity index (χ3n) is 2.46. The molecule has 0 aliphatic heterocycles. The monoisotopic (exact) mass is 244 g/mol. The first-order chi connectivity index (χ1) is 8.69. The third-order valence-corrected chi connectivity index (χ3v) is 2.46. The lowest BCUT2D eigenvalue weighted by Gasteiger charge is -2.09. The van der Waals surface area contributed by atoms with Crippen molar-refractivity contribution < 1.29 is 4.74 Å². The van der Waals surface area contributed by atoms with Crippen LogP contribution in [0.2, 0.25) is 0 Å². The Labute approximate surface area is 106 Å². The van der Waals surface area contributed by atoms with E-state index in [0.29, 0.717) is 18.4 Å². The standard InChI is InChI=1S/C13H16N4O/c1-9-7-10(2)17-13(16-9)15-8-11-5-4-6-14-12(11)18-3/h4-7H,8H2,1-3H3,(H,15,16,17). The van der Waals surface area contributed by atoms with Gasteiger partial charge in [0.05, 0.1) is 7.11 Å². The van der Waals surface area contributed by atoms with Crippen molar-refractivity contribution in [2.45, 2.75) is 20.4 Å². The van der Waals surface area contributed by atoms with E-state index in [1.165, 1.54) is 0 Å². The fourth-order valence-corrected chi connectivity index (χ4v) is 1.72. The lowest BCUT2D eigenvalue weighted by Crippen LogP contribution is -2.06. The molecule has 2 rings (SSSR count). The molecule has 0 aromatic carbocycles. The van der Waals surface area contributed by atoms with Crippen molar-refractivity contribution in [3.8, 4) is 5.88 Å². The number of rotatable bonds is 4. The van der Waals surface area contributed by atoms with Gasteiger partial charge in [0, 0.05) is 29.7 Å². The molecule has 0 spiro atoms. The second kappa shape index (κ2) is 5.44. The van der Waals surface area contributed by atoms with E-state index in [0.717, 1.165) is 17.0 Å². The summed E-state index contributed by atoms with van der Waals surface area (Å²) in [6.45, 7) is 4.48. The van der Waals surface area contributed by atoms with Crippen LogP contribution in [0, 0.1) is 13.8 Å². The van der Waals surface area contributed by atoms with E-state index in [4.69, 9.17) is 4.74 Å². The minimum absolute atomic E-state index is 0.583. The normalized spacial score (nSPS) is 10.2. The maximum absolute atomic E-state index is 5.19. The van der Waals surface area contributed by atoms with Crippen LogP contribution in [0.15, 0.2) is 24.4 Å². The summed E-state index contributed by atoms with van der Waals surface area (Å²) in [5, 5.41) is 3.18. The maximum atomic E-state index is 5.19. The molecule has 2 heterocycles. The quantitative estimate of drug-likeness (QED) is 0.892. The van der Waals surface area contributed by atoms with Crippen LogP contribution in [0.4, 0.5) is 5.95 Å². The number of pyridine rings is 1. The zero-order chi connectivity index (χ0) is 13.0. The fraction of sp³-hybridized carbons (Fsp3) is 0.308. The van der Waals surface area contributed by atoms with Crippen molar-refractivity contribution in [1.29, 1.82) is 0 Å². The Morgan fingerprint density at radius 3 is 2.61 bits per heavy atom. The van der Waals surface area contributed by atoms with Gasteiger partial charge in [-0.3, -0.25) is 0 Å². The van der Waals surface area contributed by atoms with Crippen LogP contribution in [-0.2, 0) is 6.54 Å². The van der Waals surface area contributed by atoms with Crippen molar-refractivity contribution in [3.63, 3.8) is 0 Å². The number of ether oxygens (including phenoxy) is 1. The summed E-state index contributed by atoms with van der Waals surface area (Å²) in [5.41, 5.74) is 2.87. The topological polar surface area (TPSA) is 59.9 Å². The van der Waals surface area contributed by atoms with Gasteiger partial charge in [0.2, 0.25) is 11.8 Å². The first-order valence-corrected chi connectivity index (χ1v) is 5.73. The zero-order valence-electron chi connectivity index (χ0n) is 10.8. The van der Waals surface area contributed by atoms with E-state index in [2.05, 4.69) is 20.3 Å². The molecule has 2 aromatic rings. The lowest BCUT2D eigenvalue weighted by molar-refractivity contribution is 0.393. The van der Waals surface area contributed by atoms with Gasteiger partial charge in [-0.05, 0) is 26.0 Å². The SMILES string of the molecule is COc1ncccc1CNc1nc(C)cc(C)n1. The van der Waals surface area contributed by atoms with Crippen LogP contribution >= 0.6 is 0 Å². The van der Waals surface area contributed by atoms with E-state index in [9.17, 15) is 0 Å². The molecule has 5 nitrogen and oxygen atoms in total. The van der Waals surface area contributed by atoms with Crippen LogP contribution < -0.4 is 10.1 Å². The number of hydrogen-bond donors (Lipinski definition) is 1. The first kappa shape index (κ1) is 12.3. The second-order valence-electron chi connectivity index (χ2n) is 4.00. The predicted molar refractivity (Wildman–Crippen MR) is 69.6 cm³/mol. The highest BCUT2D eigenvalue weighted by Gasteiger charge is 2.04. The minimum atomic E-state index is 0.583. The molecule has 94 valence electrons. The summed E-state index contributed by atoms with van der Waals surface area (Å²) in [4.78, 5) is 12.8. The van der Waals surface area contributed by atoms with Gasteiger partial charge in [-0.15, -0.1) is 0 Å². The van der Waals surface area contributed by atoms with E-state index < -0.39 is 0 Å². The number of nitrogens with one attached hydrogen (secondary N) is 1. The lowest BCUT2D eigenvalue weighted by atomic mass is 10.2. The summed E-state index contributed by atoms with van der Waals surface area (Å²) >= 11 is 0. The zero-order valence-corrected chi connectivity index (χ0v) is 10.8. The van der Waals surface area contributed by atoms with E-state index >= 15 is 0 Å². The maximum Gasteiger partial charge on any atom is 0.223 e. The Hall–Kier alpha value is -2.17. The summed E-state index contributed by atoms with van der Waals surface area (Å²) in [6, 6.07) is 5.78. The Bertz CT molecular complexity index is 522. The molecule has 0 atom stereocenters. The molecule has 0 bridgehead atoms. The van der Waals surface area contributed by atoms with Crippen LogP contribution in [-0.4, -0.2) is 22.1 Å². The molecule has 0 aliphatic rings. The highest BCUT2D eigenvalue weighted by atomic mass is 16.5. The summed E-state index contributed by atoms with van der Waals surface area (Å²) in [5.74, 6) is 1.24. The summed E-state index contributed by atoms with van der Waals surface area (Å²) in [6.07, 6.45) is 1.70. The van der Waals surface area contributed by atoms with Gasteiger partial charge in [0.1, 0.15) is 0 Å². The largest absolute Gasteiger partial charge is 0.481 e. The van der Waals surface area contributed by atoms with Gasteiger partial charge >= 0.3 is 0 Å². The Balaban J connectivity index is 2.11. The van der Waals surface area contributed by atoms with Crippen LogP contribution in [0.3, 0.4) is 0 Å². The number of nitrogens with zero attached hydrogens (tertiary/aromatic N) is 3. The van der Waals surface area contributed by atoms with E-state index in [1.54, 1.807) is 13.3 Å². The van der Waals surface area contributed by atoms with Crippen molar-refractivity contribution in [3.05, 3.63) is 41.3 Å². The number of aromatic nitrogens is 3. The number of aryl methyl sites for hydroxylation is 2. The molecule has 0 unspecified atom stereocenters. The molecule has 0 amide bonds. The van der Waals surface area contributed by atoms with Crippen molar-refractivity contribution in [2.24, 2.45) is 0 Å². The van der Waals surface area contributed by atoms with E-state index in [-0.39, 0.29) is 0 Å². The molecular formula is C13H16N4O. The Morgan fingerprint density at radius 1 is 1.22 bits per heavy atom. The average molecular weight is 244 g/mol. The highest BCUT2D eigenvalue weighted by molar-refractivity contribution is 5.33. The van der Waals surface area contributed by atoms with Gasteiger partial charge < -0.3 is 10.1 Å². The molecule has 0 saturated heterocycles. The van der Waals surface area contributed by atoms with E-state index in [1.807, 2.05) is 32.0 Å². The van der Waals surface area contributed by atoms with Crippen LogP contribution in [0.5, 0.6) is 5.88 Å². The van der Waals surface area contributed by atoms with Crippen LogP contribution in [0.1, 0.15) is 17.0 Å². The summed E-state index contributed by atoms with van der Waals surface area (Å²) in [7, 11) is 1.61. The summed E-state index contributed by atoms with van der Waals surface area (Å²) < 4.78 is 5.19. The second-order valence-corrected chi connectivity index (χ2v) is 4.00. The van der Waals surface area contributed by atoms with Gasteiger partial charge in [-0.1, -0.05) is 6.07 Å². The molecule has 0 radical (unpaired) electrons. The molecule has 0 aliphatic carbocycles. The van der Waals surface area contributed by atoms with Gasteiger partial charge in [-0.2, -0.15) is 0 Å². The average Bonchev–Trinajstić information content (AvgIpc) is 2.35. The van der Waals surface area contributed by atoms with Gasteiger partial charge in [0.25, 0.3) is 0 Å². The highest BCUT2D eigenvalue weighted by Crippen LogP contribution is 2.14. The molecule has 0 fully saturated rings. The minimum Gasteiger partial charge on any atom is -0.481 e. The Kier molecular flexibility index (Phi) is 3.72. The third kappa shape index (κ3) is 2.94. The van der Waals surface area contributed by atoms with Gasteiger partial charge in [-0.25, -0.2) is 15.0 Å².